The van der Waals surface area contributed by atoms with E-state index in [-0.39, 0.29) is 16.3 Å². The van der Waals surface area contributed by atoms with Crippen molar-refractivity contribution in [1.82, 2.24) is 0 Å². The van der Waals surface area contributed by atoms with Gasteiger partial charge in [0.05, 0.1) is 15.6 Å². The number of anilines is 1. The summed E-state index contributed by atoms with van der Waals surface area (Å²) < 4.78 is 24.9. The lowest BCUT2D eigenvalue weighted by Gasteiger charge is -2.09. The van der Waals surface area contributed by atoms with Crippen LogP contribution in [0.25, 0.3) is 0 Å². The molecule has 0 bridgehead atoms. The molecule has 0 radical (unpaired) electrons. The second-order valence-electron chi connectivity index (χ2n) is 4.66. The Kier molecular flexibility index (Phi) is 3.95. The van der Waals surface area contributed by atoms with Crippen LogP contribution >= 0.6 is 0 Å². The predicted molar refractivity (Wildman–Crippen MR) is 79.6 cm³/mol. The third-order valence-corrected chi connectivity index (χ3v) is 4.96. The quantitative estimate of drug-likeness (QED) is 0.531. The summed E-state index contributed by atoms with van der Waals surface area (Å²) in [7, 11) is -3.61. The van der Waals surface area contributed by atoms with Gasteiger partial charge in [-0.25, -0.2) is 8.42 Å². The Labute approximate surface area is 122 Å². The average molecular weight is 306 g/mol. The molecule has 0 aliphatic heterocycles. The number of non-ortho nitro benzene ring substituents is 1. The first-order chi connectivity index (χ1) is 9.81. The Morgan fingerprint density at radius 1 is 1.19 bits per heavy atom. The first-order valence-electron chi connectivity index (χ1n) is 6.12. The molecule has 0 spiro atoms. The van der Waals surface area contributed by atoms with Gasteiger partial charge in [0.2, 0.25) is 0 Å². The molecule has 2 rings (SSSR count). The lowest BCUT2D eigenvalue weighted by Crippen LogP contribution is -2.08. The van der Waals surface area contributed by atoms with Crippen LogP contribution in [0.3, 0.4) is 0 Å². The highest BCUT2D eigenvalue weighted by Crippen LogP contribution is 2.25. The van der Waals surface area contributed by atoms with Gasteiger partial charge < -0.3 is 5.73 Å². The molecule has 0 aliphatic carbocycles. The zero-order valence-electron chi connectivity index (χ0n) is 11.3. The number of hydrogen-bond acceptors (Lipinski definition) is 5. The number of nitrogens with two attached hydrogens (primary N) is 1. The van der Waals surface area contributed by atoms with E-state index in [0.717, 1.165) is 0 Å². The van der Waals surface area contributed by atoms with Gasteiger partial charge in [0.1, 0.15) is 0 Å². The normalized spacial score (nSPS) is 11.3. The van der Waals surface area contributed by atoms with Crippen LogP contribution in [0.15, 0.2) is 47.4 Å². The minimum Gasteiger partial charge on any atom is -0.398 e. The third kappa shape index (κ3) is 3.19. The predicted octanol–water partition coefficient (Wildman–Crippen LogP) is 2.46. The fourth-order valence-corrected chi connectivity index (χ4v) is 3.67. The van der Waals surface area contributed by atoms with Gasteiger partial charge in [0.15, 0.2) is 9.84 Å². The van der Waals surface area contributed by atoms with E-state index in [9.17, 15) is 18.5 Å². The maximum absolute atomic E-state index is 12.4. The number of nitro benzene ring substituents is 1. The number of hydrogen-bond donors (Lipinski definition) is 1. The molecule has 2 aromatic carbocycles. The molecule has 0 atom stereocenters. The summed E-state index contributed by atoms with van der Waals surface area (Å²) >= 11 is 0. The van der Waals surface area contributed by atoms with Crippen molar-refractivity contribution >= 4 is 21.2 Å². The molecule has 7 heteroatoms. The van der Waals surface area contributed by atoms with E-state index < -0.39 is 14.8 Å². The Morgan fingerprint density at radius 2 is 1.86 bits per heavy atom. The third-order valence-electron chi connectivity index (χ3n) is 3.14. The summed E-state index contributed by atoms with van der Waals surface area (Å²) in [6.45, 7) is 1.63. The summed E-state index contributed by atoms with van der Waals surface area (Å²) in [5.41, 5.74) is 6.84. The summed E-state index contributed by atoms with van der Waals surface area (Å²) in [6.07, 6.45) is 0. The van der Waals surface area contributed by atoms with Gasteiger partial charge in [-0.05, 0) is 30.2 Å². The zero-order valence-corrected chi connectivity index (χ0v) is 12.1. The largest absolute Gasteiger partial charge is 0.398 e. The van der Waals surface area contributed by atoms with Crippen molar-refractivity contribution in [2.24, 2.45) is 0 Å². The molecule has 21 heavy (non-hydrogen) atoms. The number of sulfone groups is 1. The van der Waals surface area contributed by atoms with Crippen molar-refractivity contribution in [3.8, 4) is 0 Å². The Hall–Kier alpha value is -2.41. The summed E-state index contributed by atoms with van der Waals surface area (Å²) in [5.74, 6) is -0.307. The highest BCUT2D eigenvalue weighted by molar-refractivity contribution is 7.90. The van der Waals surface area contributed by atoms with Crippen LogP contribution in [0.5, 0.6) is 0 Å². The van der Waals surface area contributed by atoms with Crippen LogP contribution in [-0.4, -0.2) is 13.3 Å². The van der Waals surface area contributed by atoms with Crippen LogP contribution in [0.2, 0.25) is 0 Å². The van der Waals surface area contributed by atoms with Gasteiger partial charge in [0, 0.05) is 17.8 Å². The smallest absolute Gasteiger partial charge is 0.269 e. The fraction of sp³-hybridized carbons (Fsp3) is 0.143. The van der Waals surface area contributed by atoms with E-state index in [4.69, 9.17) is 5.73 Å². The lowest BCUT2D eigenvalue weighted by atomic mass is 10.2. The SMILES string of the molecule is Cc1c(N)cccc1S(=O)(=O)Cc1cccc([N+](=O)[O-])c1. The van der Waals surface area contributed by atoms with Gasteiger partial charge >= 0.3 is 0 Å². The van der Waals surface area contributed by atoms with Gasteiger partial charge in [-0.2, -0.15) is 0 Å². The van der Waals surface area contributed by atoms with Crippen molar-refractivity contribution in [3.63, 3.8) is 0 Å². The molecule has 0 saturated heterocycles. The maximum atomic E-state index is 12.4. The van der Waals surface area contributed by atoms with Crippen LogP contribution in [0, 0.1) is 17.0 Å². The lowest BCUT2D eigenvalue weighted by molar-refractivity contribution is -0.384. The topological polar surface area (TPSA) is 103 Å². The highest BCUT2D eigenvalue weighted by Gasteiger charge is 2.19. The van der Waals surface area contributed by atoms with E-state index in [1.807, 2.05) is 0 Å². The van der Waals surface area contributed by atoms with Crippen molar-refractivity contribution in [2.45, 2.75) is 17.6 Å². The van der Waals surface area contributed by atoms with Gasteiger partial charge in [-0.1, -0.05) is 18.2 Å². The van der Waals surface area contributed by atoms with Crippen molar-refractivity contribution in [3.05, 3.63) is 63.7 Å². The highest BCUT2D eigenvalue weighted by atomic mass is 32.2. The Morgan fingerprint density at radius 3 is 2.52 bits per heavy atom. The number of nitrogens with zero attached hydrogens (tertiary/aromatic N) is 1. The second kappa shape index (κ2) is 5.53. The van der Waals surface area contributed by atoms with Gasteiger partial charge in [-0.15, -0.1) is 0 Å². The zero-order chi connectivity index (χ0) is 15.6. The molecule has 0 heterocycles. The first kappa shape index (κ1) is 15.0. The summed E-state index contributed by atoms with van der Waals surface area (Å²) in [4.78, 5) is 10.3. The minimum atomic E-state index is -3.61. The molecule has 0 aliphatic rings. The molecule has 2 N–H and O–H groups in total. The van der Waals surface area contributed by atoms with Crippen LogP contribution < -0.4 is 5.73 Å². The standard InChI is InChI=1S/C14H14N2O4S/c1-10-13(15)6-3-7-14(10)21(19,20)9-11-4-2-5-12(8-11)16(17)18/h2-8H,9,15H2,1H3. The van der Waals surface area contributed by atoms with Crippen LogP contribution in [0.4, 0.5) is 11.4 Å². The van der Waals surface area contributed by atoms with E-state index in [1.165, 1.54) is 24.3 Å². The molecular formula is C14H14N2O4S. The van der Waals surface area contributed by atoms with Crippen LogP contribution in [0.1, 0.15) is 11.1 Å². The van der Waals surface area contributed by atoms with Crippen molar-refractivity contribution in [1.29, 1.82) is 0 Å². The molecular weight excluding hydrogens is 292 g/mol. The molecule has 0 saturated carbocycles. The molecule has 2 aromatic rings. The van der Waals surface area contributed by atoms with Gasteiger partial charge in [-0.3, -0.25) is 10.1 Å². The van der Waals surface area contributed by atoms with Crippen molar-refractivity contribution < 1.29 is 13.3 Å². The van der Waals surface area contributed by atoms with Crippen LogP contribution in [-0.2, 0) is 15.6 Å². The molecule has 0 aromatic heterocycles. The molecule has 0 fully saturated rings. The van der Waals surface area contributed by atoms with Crippen molar-refractivity contribution in [2.75, 3.05) is 5.73 Å². The number of benzene rings is 2. The monoisotopic (exact) mass is 306 g/mol. The van der Waals surface area contributed by atoms with E-state index in [0.29, 0.717) is 16.8 Å². The first-order valence-corrected chi connectivity index (χ1v) is 7.77. The number of nitrogen functional groups attached to an aromatic ring is 1. The second-order valence-corrected chi connectivity index (χ2v) is 6.61. The molecule has 110 valence electrons. The Balaban J connectivity index is 2.40. The van der Waals surface area contributed by atoms with E-state index >= 15 is 0 Å². The molecule has 0 unspecified atom stereocenters. The fourth-order valence-electron chi connectivity index (χ4n) is 2.03. The molecule has 0 amide bonds. The number of nitro groups is 1. The minimum absolute atomic E-state index is 0.132. The summed E-state index contributed by atoms with van der Waals surface area (Å²) in [5, 5.41) is 10.7. The van der Waals surface area contributed by atoms with E-state index in [1.54, 1.807) is 25.1 Å². The summed E-state index contributed by atoms with van der Waals surface area (Å²) in [6, 6.07) is 10.3. The van der Waals surface area contributed by atoms with Gasteiger partial charge in [0.25, 0.3) is 5.69 Å². The maximum Gasteiger partial charge on any atom is 0.269 e. The number of rotatable bonds is 4. The molecule has 6 nitrogen and oxygen atoms in total. The van der Waals surface area contributed by atoms with E-state index in [2.05, 4.69) is 0 Å². The average Bonchev–Trinajstić information content (AvgIpc) is 2.41. The Bertz CT molecular complexity index is 800.